The summed E-state index contributed by atoms with van der Waals surface area (Å²) in [6, 6.07) is 4.45. The Balaban J connectivity index is 1.38. The minimum absolute atomic E-state index is 0.113. The minimum Gasteiger partial charge on any atom is -0.360 e. The Kier molecular flexibility index (Phi) is 3.87. The van der Waals surface area contributed by atoms with Crippen LogP contribution in [0.2, 0.25) is 0 Å². The summed E-state index contributed by atoms with van der Waals surface area (Å²) in [4.78, 5) is 12.8. The zero-order valence-corrected chi connectivity index (χ0v) is 15.3. The van der Waals surface area contributed by atoms with Crippen LogP contribution in [0, 0.1) is 17.8 Å². The lowest BCUT2D eigenvalue weighted by Gasteiger charge is -2.55. The van der Waals surface area contributed by atoms with E-state index in [0.29, 0.717) is 34.8 Å². The maximum Gasteiger partial charge on any atom is 0.416 e. The number of carbonyl (C=O) groups excluding carboxylic acids is 1. The molecule has 148 valence electrons. The third kappa shape index (κ3) is 2.91. The number of anilines is 1. The van der Waals surface area contributed by atoms with Gasteiger partial charge in [0.15, 0.2) is 5.76 Å². The molecule has 4 nitrogen and oxygen atoms in total. The van der Waals surface area contributed by atoms with Crippen LogP contribution in [0.4, 0.5) is 18.9 Å². The molecule has 7 heteroatoms. The number of alkyl halides is 3. The van der Waals surface area contributed by atoms with Crippen molar-refractivity contribution in [3.8, 4) is 0 Å². The van der Waals surface area contributed by atoms with Crippen molar-refractivity contribution in [2.24, 2.45) is 17.8 Å². The molecule has 1 aromatic carbocycles. The molecular formula is C21H21F3N2O2. The van der Waals surface area contributed by atoms with Gasteiger partial charge in [0.1, 0.15) is 5.56 Å². The highest BCUT2D eigenvalue weighted by Crippen LogP contribution is 2.61. The van der Waals surface area contributed by atoms with Gasteiger partial charge in [-0.1, -0.05) is 5.16 Å². The zero-order valence-electron chi connectivity index (χ0n) is 15.3. The van der Waals surface area contributed by atoms with Gasteiger partial charge in [-0.15, -0.1) is 0 Å². The summed E-state index contributed by atoms with van der Waals surface area (Å²) >= 11 is 0. The number of amides is 1. The van der Waals surface area contributed by atoms with Gasteiger partial charge in [-0.25, -0.2) is 0 Å². The van der Waals surface area contributed by atoms with Crippen molar-refractivity contribution in [2.75, 3.05) is 5.32 Å². The largest absolute Gasteiger partial charge is 0.416 e. The molecule has 6 rings (SSSR count). The average molecular weight is 390 g/mol. The van der Waals surface area contributed by atoms with Crippen LogP contribution in [0.5, 0.6) is 0 Å². The molecule has 4 fully saturated rings. The number of halogens is 3. The van der Waals surface area contributed by atoms with Gasteiger partial charge in [-0.2, -0.15) is 13.2 Å². The second-order valence-corrected chi connectivity index (χ2v) is 8.80. The smallest absolute Gasteiger partial charge is 0.360 e. The lowest BCUT2D eigenvalue weighted by molar-refractivity contribution is -0.137. The van der Waals surface area contributed by atoms with Crippen LogP contribution in [0.3, 0.4) is 0 Å². The van der Waals surface area contributed by atoms with E-state index in [1.807, 2.05) is 0 Å². The Morgan fingerprint density at radius 1 is 1.04 bits per heavy atom. The number of hydrogen-bond acceptors (Lipinski definition) is 3. The Labute approximate surface area is 160 Å². The number of benzene rings is 1. The van der Waals surface area contributed by atoms with E-state index in [-0.39, 0.29) is 11.3 Å². The van der Waals surface area contributed by atoms with Crippen LogP contribution in [0.1, 0.15) is 60.2 Å². The molecular weight excluding hydrogens is 369 g/mol. The molecule has 4 aliphatic carbocycles. The molecule has 0 unspecified atom stereocenters. The van der Waals surface area contributed by atoms with Crippen LogP contribution in [0.25, 0.3) is 0 Å². The maximum absolute atomic E-state index is 12.8. The van der Waals surface area contributed by atoms with Crippen LogP contribution in [-0.4, -0.2) is 11.1 Å². The van der Waals surface area contributed by atoms with E-state index >= 15 is 0 Å². The highest BCUT2D eigenvalue weighted by atomic mass is 19.4. The fourth-order valence-corrected chi connectivity index (χ4v) is 6.11. The van der Waals surface area contributed by atoms with Gasteiger partial charge in [-0.05, 0) is 80.5 Å². The van der Waals surface area contributed by atoms with Crippen molar-refractivity contribution in [1.29, 1.82) is 0 Å². The Hall–Kier alpha value is -2.31. The highest BCUT2D eigenvalue weighted by Gasteiger charge is 2.54. The molecule has 1 aromatic heterocycles. The van der Waals surface area contributed by atoms with Crippen molar-refractivity contribution in [2.45, 2.75) is 50.1 Å². The van der Waals surface area contributed by atoms with Crippen molar-refractivity contribution >= 4 is 11.6 Å². The van der Waals surface area contributed by atoms with Gasteiger partial charge < -0.3 is 9.84 Å². The van der Waals surface area contributed by atoms with E-state index < -0.39 is 11.7 Å². The third-order valence-corrected chi connectivity index (χ3v) is 6.81. The van der Waals surface area contributed by atoms with E-state index in [0.717, 1.165) is 31.4 Å². The van der Waals surface area contributed by atoms with E-state index in [4.69, 9.17) is 4.52 Å². The molecule has 0 atom stereocenters. The summed E-state index contributed by atoms with van der Waals surface area (Å²) in [6.45, 7) is 0. The molecule has 2 aromatic rings. The predicted molar refractivity (Wildman–Crippen MR) is 95.8 cm³/mol. The number of hydrogen-bond donors (Lipinski definition) is 1. The summed E-state index contributed by atoms with van der Waals surface area (Å²) in [7, 11) is 0. The van der Waals surface area contributed by atoms with Gasteiger partial charge in [0.05, 0.1) is 11.8 Å². The first kappa shape index (κ1) is 17.8. The monoisotopic (exact) mass is 390 g/mol. The summed E-state index contributed by atoms with van der Waals surface area (Å²) < 4.78 is 43.7. The first-order chi connectivity index (χ1) is 13.3. The first-order valence-corrected chi connectivity index (χ1v) is 9.76. The van der Waals surface area contributed by atoms with E-state index in [2.05, 4.69) is 10.5 Å². The van der Waals surface area contributed by atoms with Crippen LogP contribution >= 0.6 is 0 Å². The predicted octanol–water partition coefficient (Wildman–Crippen LogP) is 5.41. The van der Waals surface area contributed by atoms with Crippen LogP contribution < -0.4 is 5.32 Å². The SMILES string of the molecule is O=C(Nc1ccc(C(F)(F)F)cc1)c1cnoc1C12CC3CC(CC(C3)C1)C2. The second kappa shape index (κ2) is 6.09. The number of nitrogens with one attached hydrogen (secondary N) is 1. The van der Waals surface area contributed by atoms with E-state index in [9.17, 15) is 18.0 Å². The molecule has 4 aliphatic rings. The minimum atomic E-state index is -4.40. The molecule has 0 radical (unpaired) electrons. The first-order valence-electron chi connectivity index (χ1n) is 9.76. The summed E-state index contributed by atoms with van der Waals surface area (Å²) in [5.41, 5.74) is -0.139. The fraction of sp³-hybridized carbons (Fsp3) is 0.524. The van der Waals surface area contributed by atoms with Crippen LogP contribution in [-0.2, 0) is 11.6 Å². The zero-order chi connectivity index (χ0) is 19.5. The average Bonchev–Trinajstić information content (AvgIpc) is 3.11. The third-order valence-electron chi connectivity index (χ3n) is 6.81. The number of rotatable bonds is 3. The van der Waals surface area contributed by atoms with Gasteiger partial charge in [0.25, 0.3) is 5.91 Å². The maximum atomic E-state index is 12.8. The molecule has 1 N–H and O–H groups in total. The molecule has 4 saturated carbocycles. The summed E-state index contributed by atoms with van der Waals surface area (Å²) in [5.74, 6) is 2.37. The van der Waals surface area contributed by atoms with Crippen molar-refractivity contribution in [3.05, 3.63) is 47.3 Å². The summed E-state index contributed by atoms with van der Waals surface area (Å²) in [6.07, 6.45) is 3.98. The topological polar surface area (TPSA) is 55.1 Å². The second-order valence-electron chi connectivity index (χ2n) is 8.80. The van der Waals surface area contributed by atoms with Gasteiger partial charge in [0.2, 0.25) is 0 Å². The van der Waals surface area contributed by atoms with Crippen molar-refractivity contribution in [1.82, 2.24) is 5.16 Å². The Morgan fingerprint density at radius 3 is 2.14 bits per heavy atom. The molecule has 0 saturated heterocycles. The van der Waals surface area contributed by atoms with Gasteiger partial charge in [0, 0.05) is 11.1 Å². The molecule has 1 heterocycles. The molecule has 4 bridgehead atoms. The molecule has 0 aliphatic heterocycles. The van der Waals surface area contributed by atoms with Gasteiger partial charge >= 0.3 is 6.18 Å². The lowest BCUT2D eigenvalue weighted by Crippen LogP contribution is -2.49. The lowest BCUT2D eigenvalue weighted by atomic mass is 9.49. The fourth-order valence-electron chi connectivity index (χ4n) is 6.11. The molecule has 1 amide bonds. The van der Waals surface area contributed by atoms with Crippen LogP contribution in [0.15, 0.2) is 35.0 Å². The van der Waals surface area contributed by atoms with E-state index in [1.54, 1.807) is 0 Å². The Bertz CT molecular complexity index is 866. The normalized spacial score (nSPS) is 31.2. The van der Waals surface area contributed by atoms with E-state index in [1.165, 1.54) is 37.6 Å². The Morgan fingerprint density at radius 2 is 1.61 bits per heavy atom. The van der Waals surface area contributed by atoms with Gasteiger partial charge in [-0.3, -0.25) is 4.79 Å². The standard InChI is InChI=1S/C21H21F3N2O2/c22-21(23,24)15-1-3-16(4-2-15)26-19(27)17-11-25-28-18(17)20-8-12-5-13(9-20)7-14(6-12)10-20/h1-4,11-14H,5-10H2,(H,26,27). The van der Waals surface area contributed by atoms with Crippen molar-refractivity contribution < 1.29 is 22.5 Å². The summed E-state index contributed by atoms with van der Waals surface area (Å²) in [5, 5.41) is 6.59. The number of aromatic nitrogens is 1. The number of nitrogens with zero attached hydrogens (tertiary/aromatic N) is 1. The quantitative estimate of drug-likeness (QED) is 0.762. The van der Waals surface area contributed by atoms with Crippen molar-refractivity contribution in [3.63, 3.8) is 0 Å². The molecule has 0 spiro atoms. The molecule has 28 heavy (non-hydrogen) atoms. The highest BCUT2D eigenvalue weighted by molar-refractivity contribution is 6.05. The number of carbonyl (C=O) groups is 1.